The van der Waals surface area contributed by atoms with E-state index in [9.17, 15) is 34.2 Å². The highest BCUT2D eigenvalue weighted by Crippen LogP contribution is 2.52. The van der Waals surface area contributed by atoms with Crippen LogP contribution in [0.25, 0.3) is 6.08 Å². The number of ether oxygens (including phenoxy) is 3. The number of aliphatic carboxylic acids is 2. The van der Waals surface area contributed by atoms with Crippen LogP contribution >= 0.6 is 23.5 Å². The van der Waals surface area contributed by atoms with E-state index < -0.39 is 70.2 Å². The number of esters is 3. The molecule has 2 heterocycles. The standard InChI is InChI=1S/C66H106N4O12S2/c1-23-66(21,22)61(79)80-26-24-27-83-39(8)57(74)70-56-52(60(78)82-54-42(64(15,16)17)31-38(7)32-43(54)65(18,19)20)50(36(4)5)45(68-56)33-44-49(35(2)3)51(55(67-44)69-47(71)25-28-84-46(58(75)76)34-48(72)73)59(77)81-53-40(62(9,10)11)29-37(6)30-41(53)63(12,13)14/h33,35-43,46,53-54,67H,23-32,34H2,1-22H3,(H,69,71)(H,72,73)(H,75,76)(H,68,70,74). The summed E-state index contributed by atoms with van der Waals surface area (Å²) in [7, 11) is 0. The van der Waals surface area contributed by atoms with Crippen LogP contribution in [0.3, 0.4) is 0 Å². The Morgan fingerprint density at radius 1 is 0.690 bits per heavy atom. The first kappa shape index (κ1) is 71.9. The zero-order valence-corrected chi connectivity index (χ0v) is 56.7. The molecule has 16 nitrogen and oxygen atoms in total. The van der Waals surface area contributed by atoms with Crippen molar-refractivity contribution in [1.29, 1.82) is 0 Å². The van der Waals surface area contributed by atoms with Gasteiger partial charge in [-0.05, 0) is 128 Å². The lowest BCUT2D eigenvalue weighted by atomic mass is 9.59. The Morgan fingerprint density at radius 2 is 1.18 bits per heavy atom. The molecule has 84 heavy (non-hydrogen) atoms. The van der Waals surface area contributed by atoms with Gasteiger partial charge in [0.25, 0.3) is 0 Å². The second kappa shape index (κ2) is 29.0. The van der Waals surface area contributed by atoms with Crippen molar-refractivity contribution in [1.82, 2.24) is 10.3 Å². The number of aromatic nitrogens is 1. The van der Waals surface area contributed by atoms with Crippen molar-refractivity contribution < 1.29 is 58.0 Å². The molecule has 2 saturated carbocycles. The van der Waals surface area contributed by atoms with Crippen LogP contribution in [0.1, 0.15) is 231 Å². The number of aliphatic imine (C=N–C) groups is 1. The summed E-state index contributed by atoms with van der Waals surface area (Å²) in [5.74, 6) is -4.37. The predicted octanol–water partition coefficient (Wildman–Crippen LogP) is 14.4. The Kier molecular flexibility index (Phi) is 24.8. The Labute approximate surface area is 511 Å². The maximum absolute atomic E-state index is 15.5. The van der Waals surface area contributed by atoms with Gasteiger partial charge < -0.3 is 40.0 Å². The van der Waals surface area contributed by atoms with Gasteiger partial charge in [0.05, 0.1) is 29.4 Å². The number of amides is 2. The van der Waals surface area contributed by atoms with Gasteiger partial charge in [0, 0.05) is 41.5 Å². The van der Waals surface area contributed by atoms with Gasteiger partial charge in [-0.25, -0.2) is 14.6 Å². The van der Waals surface area contributed by atoms with Crippen LogP contribution in [0, 0.1) is 68.5 Å². The summed E-state index contributed by atoms with van der Waals surface area (Å²) >= 11 is 2.23. The van der Waals surface area contributed by atoms with Crippen LogP contribution in [0.15, 0.2) is 21.8 Å². The van der Waals surface area contributed by atoms with E-state index in [1.54, 1.807) is 13.0 Å². The number of nitrogens with one attached hydrogen (secondary N) is 3. The highest BCUT2D eigenvalue weighted by molar-refractivity contribution is 8.00. The lowest BCUT2D eigenvalue weighted by Crippen LogP contribution is -2.50. The molecule has 4 rings (SSSR count). The number of hydrogen-bond donors (Lipinski definition) is 5. The van der Waals surface area contributed by atoms with E-state index in [4.69, 9.17) is 19.2 Å². The van der Waals surface area contributed by atoms with Crippen molar-refractivity contribution in [3.63, 3.8) is 0 Å². The smallest absolute Gasteiger partial charge is 0.342 e. The van der Waals surface area contributed by atoms with Gasteiger partial charge in [-0.2, -0.15) is 0 Å². The Balaban J connectivity index is 1.96. The molecule has 1 aliphatic heterocycles. The molecule has 1 aromatic rings. The molecule has 3 aliphatic rings. The largest absolute Gasteiger partial charge is 0.481 e. The molecule has 5 N–H and O–H groups in total. The number of rotatable bonds is 23. The first-order valence-corrected chi connectivity index (χ1v) is 32.8. The summed E-state index contributed by atoms with van der Waals surface area (Å²) in [6.07, 6.45) is 4.57. The van der Waals surface area contributed by atoms with Gasteiger partial charge in [0.2, 0.25) is 11.8 Å². The first-order chi connectivity index (χ1) is 38.5. The molecule has 474 valence electrons. The molecule has 2 fully saturated rings. The molecular weight excluding hydrogens is 1100 g/mol. The maximum Gasteiger partial charge on any atom is 0.342 e. The van der Waals surface area contributed by atoms with Gasteiger partial charge in [-0.15, -0.1) is 23.5 Å². The Bertz CT molecular complexity index is 2590. The average molecular weight is 1210 g/mol. The second-order valence-corrected chi connectivity index (χ2v) is 32.7. The third-order valence-electron chi connectivity index (χ3n) is 17.6. The lowest BCUT2D eigenvalue weighted by molar-refractivity contribution is -0.164. The molecule has 0 saturated heterocycles. The molecule has 0 bridgehead atoms. The Hall–Kier alpha value is -4.58. The SMILES string of the molecule is CCC(C)(C)C(=O)OCCCSC(C)C(=O)NC1=NC(=Cc2[nH]c(NC(=O)CCSC(CC(=O)O)C(=O)O)c(C(=O)OC3C(C(C)(C)C)CC(C)CC3C(C)(C)C)c2C(C)C)C(C(C)C)=C1C(=O)OC1C(C(C)(C)C)CC(C)CC1C(C)(C)C. The molecule has 1 aromatic heterocycles. The van der Waals surface area contributed by atoms with Crippen molar-refractivity contribution in [3.05, 3.63) is 33.7 Å². The van der Waals surface area contributed by atoms with Crippen LogP contribution in [0.2, 0.25) is 0 Å². The molecule has 0 radical (unpaired) electrons. The quantitative estimate of drug-likeness (QED) is 0.0389. The molecule has 0 spiro atoms. The number of H-pyrrole nitrogens is 1. The molecule has 6 atom stereocenters. The van der Waals surface area contributed by atoms with Crippen LogP contribution in [-0.4, -0.2) is 104 Å². The number of hydrogen-bond acceptors (Lipinski definition) is 13. The molecule has 0 aromatic carbocycles. The summed E-state index contributed by atoms with van der Waals surface area (Å²) in [4.78, 5) is 104. The number of thioether (sulfide) groups is 2. The number of nitrogens with zero attached hydrogens (tertiary/aromatic N) is 1. The van der Waals surface area contributed by atoms with Crippen molar-refractivity contribution in [2.24, 2.45) is 73.5 Å². The highest BCUT2D eigenvalue weighted by atomic mass is 32.2. The van der Waals surface area contributed by atoms with Crippen molar-refractivity contribution in [2.45, 2.75) is 232 Å². The minimum Gasteiger partial charge on any atom is -0.481 e. The summed E-state index contributed by atoms with van der Waals surface area (Å²) in [5.41, 5.74) is 0.498. The number of carbonyl (C=O) groups is 7. The van der Waals surface area contributed by atoms with Gasteiger partial charge in [0.15, 0.2) is 0 Å². The van der Waals surface area contributed by atoms with E-state index in [1.807, 2.05) is 48.5 Å². The van der Waals surface area contributed by atoms with E-state index in [-0.39, 0.29) is 105 Å². The molecular formula is C66H106N4O12S2. The Morgan fingerprint density at radius 3 is 1.61 bits per heavy atom. The number of carbonyl (C=O) groups excluding carboxylic acids is 5. The fourth-order valence-corrected chi connectivity index (χ4v) is 14.1. The summed E-state index contributed by atoms with van der Waals surface area (Å²) in [6, 6.07) is 0. The van der Waals surface area contributed by atoms with E-state index >= 15 is 9.59 Å². The molecule has 2 aliphatic carbocycles. The minimum atomic E-state index is -1.30. The summed E-state index contributed by atoms with van der Waals surface area (Å²) in [6.45, 7) is 46.1. The van der Waals surface area contributed by atoms with Crippen molar-refractivity contribution in [2.75, 3.05) is 23.4 Å². The molecule has 6 unspecified atom stereocenters. The van der Waals surface area contributed by atoms with E-state index in [0.717, 1.165) is 37.4 Å². The fraction of sp³-hybridized carbons (Fsp3) is 0.758. The normalized spacial score (nSPS) is 24.0. The lowest BCUT2D eigenvalue weighted by Gasteiger charge is -2.50. The average Bonchev–Trinajstić information content (AvgIpc) is 2.34. The predicted molar refractivity (Wildman–Crippen MR) is 339 cm³/mol. The monoisotopic (exact) mass is 1210 g/mol. The zero-order chi connectivity index (χ0) is 63.9. The summed E-state index contributed by atoms with van der Waals surface area (Å²) in [5, 5.41) is 23.2. The summed E-state index contributed by atoms with van der Waals surface area (Å²) < 4.78 is 19.3. The number of carboxylic acids is 2. The van der Waals surface area contributed by atoms with Crippen molar-refractivity contribution in [3.8, 4) is 0 Å². The van der Waals surface area contributed by atoms with Gasteiger partial charge >= 0.3 is 29.8 Å². The number of anilines is 1. The first-order valence-electron chi connectivity index (χ1n) is 30.7. The van der Waals surface area contributed by atoms with Gasteiger partial charge in [0.1, 0.15) is 40.2 Å². The third kappa shape index (κ3) is 19.0. The molecule has 18 heteroatoms. The van der Waals surface area contributed by atoms with E-state index in [1.165, 1.54) is 11.8 Å². The van der Waals surface area contributed by atoms with Crippen LogP contribution < -0.4 is 10.6 Å². The number of carboxylic acid groups (broad SMARTS) is 2. The number of amidine groups is 1. The minimum absolute atomic E-state index is 0.00256. The van der Waals surface area contributed by atoms with Gasteiger partial charge in [-0.1, -0.05) is 132 Å². The van der Waals surface area contributed by atoms with Crippen molar-refractivity contribution >= 4 is 82.9 Å². The third-order valence-corrected chi connectivity index (χ3v) is 20.0. The number of aromatic amines is 1. The fourth-order valence-electron chi connectivity index (χ4n) is 12.3. The van der Waals surface area contributed by atoms with E-state index in [0.29, 0.717) is 53.0 Å². The van der Waals surface area contributed by atoms with Crippen LogP contribution in [0.4, 0.5) is 5.82 Å². The highest BCUT2D eigenvalue weighted by Gasteiger charge is 2.51. The zero-order valence-electron chi connectivity index (χ0n) is 55.0. The second-order valence-electron chi connectivity index (χ2n) is 29.9. The maximum atomic E-state index is 15.5. The topological polar surface area (TPSA) is 240 Å². The number of allylic oxidation sites excluding steroid dienone is 1. The van der Waals surface area contributed by atoms with Gasteiger partial charge in [-0.3, -0.25) is 24.0 Å². The van der Waals surface area contributed by atoms with Crippen LogP contribution in [0.5, 0.6) is 0 Å². The molecule has 2 amide bonds. The van der Waals surface area contributed by atoms with E-state index in [2.05, 4.69) is 113 Å². The van der Waals surface area contributed by atoms with Crippen LogP contribution in [-0.2, 0) is 43.0 Å².